The first-order chi connectivity index (χ1) is 7.24. The molecule has 0 aromatic rings. The third-order valence-electron chi connectivity index (χ3n) is 4.63. The van der Waals surface area contributed by atoms with Crippen molar-refractivity contribution in [2.24, 2.45) is 11.7 Å². The van der Waals surface area contributed by atoms with E-state index >= 15 is 0 Å². The predicted octanol–water partition coefficient (Wildman–Crippen LogP) is 2.38. The van der Waals surface area contributed by atoms with Gasteiger partial charge in [0.2, 0.25) is 0 Å². The van der Waals surface area contributed by atoms with Crippen LogP contribution >= 0.6 is 0 Å². The number of nitrogens with two attached hydrogens (primary N) is 1. The number of rotatable bonds is 2. The lowest BCUT2D eigenvalue weighted by Gasteiger charge is -2.44. The highest BCUT2D eigenvalue weighted by atomic mass is 15.1. The molecule has 1 aliphatic carbocycles. The summed E-state index contributed by atoms with van der Waals surface area (Å²) >= 11 is 0. The van der Waals surface area contributed by atoms with Gasteiger partial charge in [-0.15, -0.1) is 0 Å². The Balaban J connectivity index is 1.88. The van der Waals surface area contributed by atoms with Crippen molar-refractivity contribution in [3.05, 3.63) is 0 Å². The van der Waals surface area contributed by atoms with Gasteiger partial charge < -0.3 is 10.6 Å². The van der Waals surface area contributed by atoms with E-state index < -0.39 is 0 Å². The van der Waals surface area contributed by atoms with Crippen LogP contribution in [0.5, 0.6) is 0 Å². The fourth-order valence-electron chi connectivity index (χ4n) is 3.44. The number of nitrogens with zero attached hydrogens (tertiary/aromatic N) is 1. The molecule has 1 saturated heterocycles. The maximum atomic E-state index is 6.60. The Morgan fingerprint density at radius 3 is 2.27 bits per heavy atom. The Morgan fingerprint density at radius 2 is 1.73 bits per heavy atom. The van der Waals surface area contributed by atoms with Crippen LogP contribution in [0, 0.1) is 5.92 Å². The highest BCUT2D eigenvalue weighted by Gasteiger charge is 2.37. The minimum atomic E-state index is 0.206. The first-order valence-electron chi connectivity index (χ1n) is 6.76. The van der Waals surface area contributed by atoms with Gasteiger partial charge in [-0.2, -0.15) is 0 Å². The molecule has 0 amide bonds. The molecule has 2 aliphatic rings. The second-order valence-electron chi connectivity index (χ2n) is 5.50. The molecule has 1 aliphatic heterocycles. The van der Waals surface area contributed by atoms with Crippen molar-refractivity contribution >= 4 is 0 Å². The third kappa shape index (κ3) is 2.54. The molecule has 15 heavy (non-hydrogen) atoms. The molecule has 2 N–H and O–H groups in total. The number of hydrogen-bond acceptors (Lipinski definition) is 2. The largest absolute Gasteiger partial charge is 0.325 e. The van der Waals surface area contributed by atoms with Gasteiger partial charge in [0.25, 0.3) is 0 Å². The lowest BCUT2D eigenvalue weighted by molar-refractivity contribution is 0.107. The summed E-state index contributed by atoms with van der Waals surface area (Å²) in [4.78, 5) is 2.56. The van der Waals surface area contributed by atoms with E-state index in [0.717, 1.165) is 5.92 Å². The maximum absolute atomic E-state index is 6.60. The van der Waals surface area contributed by atoms with Crippen LogP contribution in [0.25, 0.3) is 0 Å². The lowest BCUT2D eigenvalue weighted by atomic mass is 9.70. The van der Waals surface area contributed by atoms with Crippen LogP contribution in [0.4, 0.5) is 0 Å². The van der Waals surface area contributed by atoms with Gasteiger partial charge in [0.15, 0.2) is 0 Å². The van der Waals surface area contributed by atoms with E-state index in [1.54, 1.807) is 0 Å². The summed E-state index contributed by atoms with van der Waals surface area (Å²) in [6.45, 7) is 6.03. The molecule has 2 nitrogen and oxygen atoms in total. The Hall–Kier alpha value is -0.0800. The molecular formula is C13H26N2. The topological polar surface area (TPSA) is 29.3 Å². The first-order valence-corrected chi connectivity index (χ1v) is 6.76. The molecule has 0 aromatic heterocycles. The molecule has 0 unspecified atom stereocenters. The van der Waals surface area contributed by atoms with E-state index in [1.807, 2.05) is 0 Å². The van der Waals surface area contributed by atoms with Crippen molar-refractivity contribution in [2.75, 3.05) is 19.6 Å². The number of hydrogen-bond donors (Lipinski definition) is 1. The van der Waals surface area contributed by atoms with Gasteiger partial charge in [0, 0.05) is 5.54 Å². The van der Waals surface area contributed by atoms with Crippen LogP contribution in [0.15, 0.2) is 0 Å². The second kappa shape index (κ2) is 4.84. The summed E-state index contributed by atoms with van der Waals surface area (Å²) in [5.41, 5.74) is 6.81. The van der Waals surface area contributed by atoms with Gasteiger partial charge in [-0.25, -0.2) is 0 Å². The zero-order valence-electron chi connectivity index (χ0n) is 10.2. The van der Waals surface area contributed by atoms with E-state index in [1.165, 1.54) is 64.6 Å². The zero-order chi connectivity index (χ0) is 10.7. The average Bonchev–Trinajstić information content (AvgIpc) is 2.30. The summed E-state index contributed by atoms with van der Waals surface area (Å²) in [7, 11) is 0. The van der Waals surface area contributed by atoms with Crippen LogP contribution in [0.3, 0.4) is 0 Å². The molecule has 0 radical (unpaired) electrons. The minimum absolute atomic E-state index is 0.206. The Bertz CT molecular complexity index is 189. The highest BCUT2D eigenvalue weighted by Crippen LogP contribution is 2.37. The molecule has 2 fully saturated rings. The molecule has 1 heterocycles. The molecule has 2 heteroatoms. The van der Waals surface area contributed by atoms with E-state index in [2.05, 4.69) is 11.8 Å². The van der Waals surface area contributed by atoms with Gasteiger partial charge in [-0.3, -0.25) is 0 Å². The molecule has 0 aromatic carbocycles. The maximum Gasteiger partial charge on any atom is 0.0183 e. The summed E-state index contributed by atoms with van der Waals surface area (Å²) < 4.78 is 0. The van der Waals surface area contributed by atoms with E-state index in [-0.39, 0.29) is 5.54 Å². The summed E-state index contributed by atoms with van der Waals surface area (Å²) in [6, 6.07) is 0. The Labute approximate surface area is 94.2 Å². The van der Waals surface area contributed by atoms with Crippen molar-refractivity contribution in [1.82, 2.24) is 4.90 Å². The second-order valence-corrected chi connectivity index (χ2v) is 5.50. The molecule has 0 atom stereocenters. The van der Waals surface area contributed by atoms with Gasteiger partial charge >= 0.3 is 0 Å². The van der Waals surface area contributed by atoms with Gasteiger partial charge in [0.05, 0.1) is 0 Å². The first kappa shape index (κ1) is 11.4. The zero-order valence-corrected chi connectivity index (χ0v) is 10.2. The van der Waals surface area contributed by atoms with Crippen LogP contribution in [-0.2, 0) is 0 Å². The predicted molar refractivity (Wildman–Crippen MR) is 64.8 cm³/mol. The fraction of sp³-hybridized carbons (Fsp3) is 1.00. The van der Waals surface area contributed by atoms with Crippen LogP contribution in [0.2, 0.25) is 0 Å². The number of piperidine rings is 1. The van der Waals surface area contributed by atoms with Crippen molar-refractivity contribution in [1.29, 1.82) is 0 Å². The lowest BCUT2D eigenvalue weighted by Crippen LogP contribution is -2.52. The van der Waals surface area contributed by atoms with Gasteiger partial charge in [-0.1, -0.05) is 26.2 Å². The molecular weight excluding hydrogens is 184 g/mol. The van der Waals surface area contributed by atoms with Crippen LogP contribution in [0.1, 0.15) is 51.9 Å². The third-order valence-corrected chi connectivity index (χ3v) is 4.63. The van der Waals surface area contributed by atoms with Crippen molar-refractivity contribution in [3.8, 4) is 0 Å². The fourth-order valence-corrected chi connectivity index (χ4v) is 3.44. The van der Waals surface area contributed by atoms with Crippen LogP contribution in [-0.4, -0.2) is 30.1 Å². The Kier molecular flexibility index (Phi) is 3.68. The monoisotopic (exact) mass is 210 g/mol. The normalized spacial score (nSPS) is 29.2. The van der Waals surface area contributed by atoms with Gasteiger partial charge in [0.1, 0.15) is 0 Å². The van der Waals surface area contributed by atoms with Gasteiger partial charge in [-0.05, 0) is 51.2 Å². The molecule has 88 valence electrons. The molecule has 2 rings (SSSR count). The standard InChI is InChI=1S/C13H26N2/c1-2-15-10-6-12(7-11-15)13(14)8-4-3-5-9-13/h12H,2-11,14H2,1H3. The van der Waals surface area contributed by atoms with Crippen molar-refractivity contribution in [2.45, 2.75) is 57.4 Å². The van der Waals surface area contributed by atoms with Crippen LogP contribution < -0.4 is 5.73 Å². The minimum Gasteiger partial charge on any atom is -0.325 e. The smallest absolute Gasteiger partial charge is 0.0183 e. The summed E-state index contributed by atoms with van der Waals surface area (Å²) in [5.74, 6) is 0.806. The Morgan fingerprint density at radius 1 is 1.13 bits per heavy atom. The number of likely N-dealkylation sites (tertiary alicyclic amines) is 1. The van der Waals surface area contributed by atoms with Crippen molar-refractivity contribution < 1.29 is 0 Å². The van der Waals surface area contributed by atoms with E-state index in [4.69, 9.17) is 5.73 Å². The van der Waals surface area contributed by atoms with E-state index in [9.17, 15) is 0 Å². The summed E-state index contributed by atoms with van der Waals surface area (Å²) in [5, 5.41) is 0. The molecule has 1 saturated carbocycles. The highest BCUT2D eigenvalue weighted by molar-refractivity contribution is 4.95. The van der Waals surface area contributed by atoms with E-state index in [0.29, 0.717) is 0 Å². The molecule has 0 bridgehead atoms. The summed E-state index contributed by atoms with van der Waals surface area (Å²) in [6.07, 6.45) is 9.38. The quantitative estimate of drug-likeness (QED) is 0.758. The van der Waals surface area contributed by atoms with Crippen molar-refractivity contribution in [3.63, 3.8) is 0 Å². The molecule has 0 spiro atoms. The SMILES string of the molecule is CCN1CCC(C2(N)CCCCC2)CC1. The average molecular weight is 210 g/mol.